The van der Waals surface area contributed by atoms with E-state index in [2.05, 4.69) is 10.4 Å². The summed E-state index contributed by atoms with van der Waals surface area (Å²) in [7, 11) is 1.59. The number of aromatic nitrogens is 2. The van der Waals surface area contributed by atoms with Crippen LogP contribution < -0.4 is 10.1 Å². The van der Waals surface area contributed by atoms with Crippen LogP contribution in [0.15, 0.2) is 24.3 Å². The van der Waals surface area contributed by atoms with Gasteiger partial charge in [0.1, 0.15) is 11.4 Å². The molecule has 0 spiro atoms. The lowest BCUT2D eigenvalue weighted by Gasteiger charge is -2.22. The fraction of sp³-hybridized carbons (Fsp3) is 0.474. The van der Waals surface area contributed by atoms with Gasteiger partial charge in [-0.25, -0.2) is 4.68 Å². The SMILES string of the molecule is CCC(C)C(CO)NC(=O)c1ccc(OC)c(-n2nc(C)cc2C)c1. The van der Waals surface area contributed by atoms with Crippen molar-refractivity contribution in [2.24, 2.45) is 5.92 Å². The molecule has 0 saturated carbocycles. The van der Waals surface area contributed by atoms with Gasteiger partial charge in [-0.2, -0.15) is 5.10 Å². The monoisotopic (exact) mass is 345 g/mol. The molecule has 0 aliphatic carbocycles. The van der Waals surface area contributed by atoms with Gasteiger partial charge in [-0.1, -0.05) is 20.3 Å². The van der Waals surface area contributed by atoms with Gasteiger partial charge in [0, 0.05) is 11.3 Å². The Morgan fingerprint density at radius 3 is 2.60 bits per heavy atom. The molecular weight excluding hydrogens is 318 g/mol. The normalized spacial score (nSPS) is 13.4. The Morgan fingerprint density at radius 1 is 1.36 bits per heavy atom. The fourth-order valence-corrected chi connectivity index (χ4v) is 2.77. The first-order chi connectivity index (χ1) is 11.9. The molecule has 0 saturated heterocycles. The molecule has 1 amide bonds. The minimum Gasteiger partial charge on any atom is -0.494 e. The average molecular weight is 345 g/mol. The third kappa shape index (κ3) is 4.20. The molecule has 2 unspecified atom stereocenters. The van der Waals surface area contributed by atoms with Crippen LogP contribution >= 0.6 is 0 Å². The number of ether oxygens (including phenoxy) is 1. The van der Waals surface area contributed by atoms with E-state index in [1.807, 2.05) is 33.8 Å². The van der Waals surface area contributed by atoms with Crippen LogP contribution in [-0.4, -0.2) is 40.6 Å². The number of benzene rings is 1. The number of hydrogen-bond acceptors (Lipinski definition) is 4. The zero-order chi connectivity index (χ0) is 18.6. The van der Waals surface area contributed by atoms with Crippen molar-refractivity contribution >= 4 is 5.91 Å². The van der Waals surface area contributed by atoms with E-state index < -0.39 is 0 Å². The summed E-state index contributed by atoms with van der Waals surface area (Å²) in [6, 6.07) is 6.94. The van der Waals surface area contributed by atoms with E-state index >= 15 is 0 Å². The molecule has 0 fully saturated rings. The summed E-state index contributed by atoms with van der Waals surface area (Å²) in [5.74, 6) is 0.621. The molecule has 136 valence electrons. The predicted octanol–water partition coefficient (Wildman–Crippen LogP) is 2.63. The van der Waals surface area contributed by atoms with Crippen molar-refractivity contribution in [3.05, 3.63) is 41.2 Å². The molecule has 6 heteroatoms. The lowest BCUT2D eigenvalue weighted by molar-refractivity contribution is 0.0891. The Hall–Kier alpha value is -2.34. The summed E-state index contributed by atoms with van der Waals surface area (Å²) in [4.78, 5) is 12.6. The van der Waals surface area contributed by atoms with Crippen molar-refractivity contribution in [3.8, 4) is 11.4 Å². The number of aliphatic hydroxyl groups excluding tert-OH is 1. The highest BCUT2D eigenvalue weighted by Crippen LogP contribution is 2.25. The van der Waals surface area contributed by atoms with Crippen molar-refractivity contribution < 1.29 is 14.6 Å². The number of rotatable bonds is 7. The maximum atomic E-state index is 12.6. The topological polar surface area (TPSA) is 76.4 Å². The van der Waals surface area contributed by atoms with E-state index in [4.69, 9.17) is 4.74 Å². The fourth-order valence-electron chi connectivity index (χ4n) is 2.77. The number of carbonyl (C=O) groups is 1. The van der Waals surface area contributed by atoms with Crippen LogP contribution in [0, 0.1) is 19.8 Å². The van der Waals surface area contributed by atoms with E-state index in [1.165, 1.54) is 0 Å². The molecule has 0 aliphatic rings. The predicted molar refractivity (Wildman–Crippen MR) is 97.4 cm³/mol. The van der Waals surface area contributed by atoms with Gasteiger partial charge in [0.05, 0.1) is 25.5 Å². The number of nitrogens with one attached hydrogen (secondary N) is 1. The van der Waals surface area contributed by atoms with Crippen LogP contribution in [0.4, 0.5) is 0 Å². The number of aliphatic hydroxyl groups is 1. The summed E-state index contributed by atoms with van der Waals surface area (Å²) in [5, 5.41) is 16.9. The van der Waals surface area contributed by atoms with E-state index in [1.54, 1.807) is 30.0 Å². The average Bonchev–Trinajstić information content (AvgIpc) is 2.96. The summed E-state index contributed by atoms with van der Waals surface area (Å²) < 4.78 is 7.19. The maximum absolute atomic E-state index is 12.6. The minimum absolute atomic E-state index is 0.0821. The zero-order valence-electron chi connectivity index (χ0n) is 15.5. The molecular formula is C19H27N3O3. The number of methoxy groups -OCH3 is 1. The first-order valence-corrected chi connectivity index (χ1v) is 8.54. The van der Waals surface area contributed by atoms with Gasteiger partial charge in [-0.15, -0.1) is 0 Å². The van der Waals surface area contributed by atoms with Gasteiger partial charge >= 0.3 is 0 Å². The molecule has 2 rings (SSSR count). The second-order valence-electron chi connectivity index (χ2n) is 6.37. The van der Waals surface area contributed by atoms with Crippen LogP contribution in [0.5, 0.6) is 5.75 Å². The van der Waals surface area contributed by atoms with Crippen LogP contribution in [0.25, 0.3) is 5.69 Å². The second-order valence-corrected chi connectivity index (χ2v) is 6.37. The Morgan fingerprint density at radius 2 is 2.08 bits per heavy atom. The summed E-state index contributed by atoms with van der Waals surface area (Å²) in [6.07, 6.45) is 0.880. The standard InChI is InChI=1S/C19H27N3O3/c1-6-12(2)16(11-23)20-19(24)15-7-8-18(25-5)17(10-15)22-14(4)9-13(3)21-22/h7-10,12,16,23H,6,11H2,1-5H3,(H,20,24). The van der Waals surface area contributed by atoms with E-state index in [0.717, 1.165) is 17.8 Å². The Labute approximate surface area is 148 Å². The van der Waals surface area contributed by atoms with Gasteiger partial charge in [-0.05, 0) is 44.0 Å². The molecule has 1 heterocycles. The van der Waals surface area contributed by atoms with Gasteiger partial charge in [-0.3, -0.25) is 4.79 Å². The van der Waals surface area contributed by atoms with Gasteiger partial charge in [0.15, 0.2) is 0 Å². The third-order valence-electron chi connectivity index (χ3n) is 4.52. The lowest BCUT2D eigenvalue weighted by Crippen LogP contribution is -2.41. The molecule has 2 N–H and O–H groups in total. The molecule has 6 nitrogen and oxygen atoms in total. The molecule has 0 bridgehead atoms. The van der Waals surface area contributed by atoms with Crippen molar-refractivity contribution in [2.75, 3.05) is 13.7 Å². The second kappa shape index (κ2) is 8.16. The van der Waals surface area contributed by atoms with Crippen molar-refractivity contribution in [1.82, 2.24) is 15.1 Å². The van der Waals surface area contributed by atoms with Crippen molar-refractivity contribution in [1.29, 1.82) is 0 Å². The van der Waals surface area contributed by atoms with Crippen molar-refractivity contribution in [3.63, 3.8) is 0 Å². The number of nitrogens with zero attached hydrogens (tertiary/aromatic N) is 2. The van der Waals surface area contributed by atoms with E-state index in [0.29, 0.717) is 17.0 Å². The van der Waals surface area contributed by atoms with Crippen LogP contribution in [0.2, 0.25) is 0 Å². The highest BCUT2D eigenvalue weighted by molar-refractivity contribution is 5.95. The van der Waals surface area contributed by atoms with Crippen LogP contribution in [0.3, 0.4) is 0 Å². The first kappa shape index (κ1) is 19.0. The molecule has 2 atom stereocenters. The number of aryl methyl sites for hydroxylation is 2. The summed E-state index contributed by atoms with van der Waals surface area (Å²) in [5.41, 5.74) is 3.07. The van der Waals surface area contributed by atoms with Gasteiger partial charge < -0.3 is 15.2 Å². The largest absolute Gasteiger partial charge is 0.494 e. The number of hydrogen-bond donors (Lipinski definition) is 2. The molecule has 0 radical (unpaired) electrons. The Balaban J connectivity index is 2.35. The maximum Gasteiger partial charge on any atom is 0.251 e. The highest BCUT2D eigenvalue weighted by atomic mass is 16.5. The first-order valence-electron chi connectivity index (χ1n) is 8.54. The van der Waals surface area contributed by atoms with Crippen molar-refractivity contribution in [2.45, 2.75) is 40.2 Å². The van der Waals surface area contributed by atoms with Crippen LogP contribution in [-0.2, 0) is 0 Å². The lowest BCUT2D eigenvalue weighted by atomic mass is 9.99. The zero-order valence-corrected chi connectivity index (χ0v) is 15.5. The summed E-state index contributed by atoms with van der Waals surface area (Å²) in [6.45, 7) is 7.84. The minimum atomic E-state index is -0.267. The molecule has 1 aromatic carbocycles. The molecule has 0 aliphatic heterocycles. The van der Waals surface area contributed by atoms with Crippen LogP contribution in [0.1, 0.15) is 42.0 Å². The molecule has 1 aromatic heterocycles. The smallest absolute Gasteiger partial charge is 0.251 e. The van der Waals surface area contributed by atoms with E-state index in [9.17, 15) is 9.90 Å². The van der Waals surface area contributed by atoms with E-state index in [-0.39, 0.29) is 24.5 Å². The van der Waals surface area contributed by atoms with Gasteiger partial charge in [0.2, 0.25) is 0 Å². The number of carbonyl (C=O) groups excluding carboxylic acids is 1. The Bertz CT molecular complexity index is 740. The Kier molecular flexibility index (Phi) is 6.20. The number of amides is 1. The molecule has 25 heavy (non-hydrogen) atoms. The quantitative estimate of drug-likeness (QED) is 0.809. The molecule has 2 aromatic rings. The van der Waals surface area contributed by atoms with Gasteiger partial charge in [0.25, 0.3) is 5.91 Å². The summed E-state index contributed by atoms with van der Waals surface area (Å²) >= 11 is 0. The third-order valence-corrected chi connectivity index (χ3v) is 4.52. The highest BCUT2D eigenvalue weighted by Gasteiger charge is 2.20.